The van der Waals surface area contributed by atoms with Crippen molar-refractivity contribution in [1.82, 2.24) is 10.2 Å². The minimum Gasteiger partial charge on any atom is -0.310 e. The van der Waals surface area contributed by atoms with E-state index in [2.05, 4.69) is 41.4 Å². The molecule has 0 aromatic heterocycles. The van der Waals surface area contributed by atoms with Gasteiger partial charge in [-0.25, -0.2) is 0 Å². The summed E-state index contributed by atoms with van der Waals surface area (Å²) < 4.78 is 0. The molecule has 3 rings (SSSR count). The van der Waals surface area contributed by atoms with Crippen LogP contribution < -0.4 is 5.32 Å². The van der Waals surface area contributed by atoms with Crippen molar-refractivity contribution in [3.8, 4) is 0 Å². The predicted molar refractivity (Wildman–Crippen MR) is 71.0 cm³/mol. The van der Waals surface area contributed by atoms with Crippen molar-refractivity contribution in [1.29, 1.82) is 0 Å². The van der Waals surface area contributed by atoms with Gasteiger partial charge in [-0.1, -0.05) is 29.8 Å². The maximum absolute atomic E-state index is 3.76. The van der Waals surface area contributed by atoms with Crippen LogP contribution in [0.2, 0.25) is 0 Å². The van der Waals surface area contributed by atoms with Gasteiger partial charge >= 0.3 is 0 Å². The molecule has 0 spiro atoms. The number of rotatable bonds is 3. The summed E-state index contributed by atoms with van der Waals surface area (Å²) in [7, 11) is 0. The van der Waals surface area contributed by atoms with Crippen molar-refractivity contribution in [2.45, 2.75) is 32.4 Å². The first-order chi connectivity index (χ1) is 8.31. The highest BCUT2D eigenvalue weighted by atomic mass is 15.2. The van der Waals surface area contributed by atoms with Crippen LogP contribution >= 0.6 is 0 Å². The highest BCUT2D eigenvalue weighted by Gasteiger charge is 2.33. The summed E-state index contributed by atoms with van der Waals surface area (Å²) >= 11 is 0. The summed E-state index contributed by atoms with van der Waals surface area (Å²) in [6, 6.07) is 9.64. The molecule has 0 amide bonds. The summed E-state index contributed by atoms with van der Waals surface area (Å²) in [6.45, 7) is 7.12. The second-order valence-electron chi connectivity index (χ2n) is 5.61. The van der Waals surface area contributed by atoms with Crippen LogP contribution in [-0.2, 0) is 6.54 Å². The molecule has 0 radical (unpaired) electrons. The van der Waals surface area contributed by atoms with Crippen molar-refractivity contribution >= 4 is 0 Å². The van der Waals surface area contributed by atoms with Crippen LogP contribution in [0.25, 0.3) is 0 Å². The Bertz CT molecular complexity index is 371. The Morgan fingerprint density at radius 3 is 2.76 bits per heavy atom. The van der Waals surface area contributed by atoms with E-state index in [1.54, 1.807) is 0 Å². The molecule has 2 nitrogen and oxygen atoms in total. The van der Waals surface area contributed by atoms with Gasteiger partial charge in [0.1, 0.15) is 0 Å². The molecule has 3 unspecified atom stereocenters. The molecular formula is C15H22N2. The smallest absolute Gasteiger partial charge is 0.0208 e. The van der Waals surface area contributed by atoms with Crippen LogP contribution in [0.3, 0.4) is 0 Å². The van der Waals surface area contributed by atoms with Gasteiger partial charge in [-0.05, 0) is 44.3 Å². The molecule has 2 heterocycles. The van der Waals surface area contributed by atoms with E-state index in [9.17, 15) is 0 Å². The number of fused-ring (bicyclic) bond motifs is 2. The maximum Gasteiger partial charge on any atom is 0.0208 e. The van der Waals surface area contributed by atoms with Crippen LogP contribution in [0.1, 0.15) is 24.0 Å². The molecule has 1 aromatic rings. The molecule has 2 bridgehead atoms. The van der Waals surface area contributed by atoms with E-state index in [1.165, 1.54) is 43.6 Å². The fourth-order valence-corrected chi connectivity index (χ4v) is 3.18. The minimum atomic E-state index is 0.745. The van der Waals surface area contributed by atoms with Gasteiger partial charge in [-0.3, -0.25) is 0 Å². The third-order valence-corrected chi connectivity index (χ3v) is 4.32. The first-order valence-corrected chi connectivity index (χ1v) is 6.82. The van der Waals surface area contributed by atoms with E-state index in [1.807, 2.05) is 0 Å². The van der Waals surface area contributed by atoms with Crippen molar-refractivity contribution in [2.24, 2.45) is 5.92 Å². The molecule has 2 fully saturated rings. The van der Waals surface area contributed by atoms with Gasteiger partial charge in [0.05, 0.1) is 0 Å². The van der Waals surface area contributed by atoms with Gasteiger partial charge in [0.25, 0.3) is 0 Å². The van der Waals surface area contributed by atoms with E-state index in [0.29, 0.717) is 0 Å². The Labute approximate surface area is 104 Å². The SMILES string of the molecule is Cc1ccc(CNC2CCN3CCC2C3)cc1. The monoisotopic (exact) mass is 230 g/mol. The van der Waals surface area contributed by atoms with Gasteiger partial charge in [0, 0.05) is 19.1 Å². The molecule has 0 saturated carbocycles. The number of benzene rings is 1. The van der Waals surface area contributed by atoms with Crippen molar-refractivity contribution in [2.75, 3.05) is 19.6 Å². The van der Waals surface area contributed by atoms with Gasteiger partial charge in [-0.2, -0.15) is 0 Å². The van der Waals surface area contributed by atoms with Crippen LogP contribution in [0.5, 0.6) is 0 Å². The van der Waals surface area contributed by atoms with E-state index in [-0.39, 0.29) is 0 Å². The Balaban J connectivity index is 1.55. The number of hydrogen-bond donors (Lipinski definition) is 1. The standard InChI is InChI=1S/C15H22N2/c1-12-2-4-13(5-3-12)10-16-15-7-9-17-8-6-14(15)11-17/h2-5,14-16H,6-11H2,1H3. The lowest BCUT2D eigenvalue weighted by atomic mass is 9.94. The summed E-state index contributed by atoms with van der Waals surface area (Å²) in [5.41, 5.74) is 2.76. The zero-order valence-electron chi connectivity index (χ0n) is 10.7. The van der Waals surface area contributed by atoms with Crippen LogP contribution in [0.15, 0.2) is 24.3 Å². The third-order valence-electron chi connectivity index (χ3n) is 4.32. The summed E-state index contributed by atoms with van der Waals surface area (Å²) in [4.78, 5) is 2.61. The molecule has 1 aromatic carbocycles. The van der Waals surface area contributed by atoms with Gasteiger partial charge < -0.3 is 10.2 Å². The van der Waals surface area contributed by atoms with Gasteiger partial charge in [-0.15, -0.1) is 0 Å². The lowest BCUT2D eigenvalue weighted by Crippen LogP contribution is -2.43. The Hall–Kier alpha value is -0.860. The zero-order chi connectivity index (χ0) is 11.7. The summed E-state index contributed by atoms with van der Waals surface area (Å²) in [5.74, 6) is 0.897. The van der Waals surface area contributed by atoms with Crippen LogP contribution in [0.4, 0.5) is 0 Å². The molecule has 1 N–H and O–H groups in total. The fourth-order valence-electron chi connectivity index (χ4n) is 3.18. The highest BCUT2D eigenvalue weighted by Crippen LogP contribution is 2.27. The molecule has 0 aliphatic carbocycles. The predicted octanol–water partition coefficient (Wildman–Crippen LogP) is 2.18. The normalized spacial score (nSPS) is 31.7. The molecule has 3 atom stereocenters. The lowest BCUT2D eigenvalue weighted by molar-refractivity contribution is 0.220. The third kappa shape index (κ3) is 2.53. The van der Waals surface area contributed by atoms with Crippen LogP contribution in [0, 0.1) is 12.8 Å². The Morgan fingerprint density at radius 1 is 1.18 bits per heavy atom. The molecule has 2 aliphatic rings. The van der Waals surface area contributed by atoms with E-state index in [4.69, 9.17) is 0 Å². The van der Waals surface area contributed by atoms with Gasteiger partial charge in [0.2, 0.25) is 0 Å². The summed E-state index contributed by atoms with van der Waals surface area (Å²) in [6.07, 6.45) is 2.72. The van der Waals surface area contributed by atoms with E-state index >= 15 is 0 Å². The van der Waals surface area contributed by atoms with Crippen molar-refractivity contribution in [3.05, 3.63) is 35.4 Å². The lowest BCUT2D eigenvalue weighted by Gasteiger charge is -2.31. The van der Waals surface area contributed by atoms with Crippen molar-refractivity contribution < 1.29 is 0 Å². The minimum absolute atomic E-state index is 0.745. The summed E-state index contributed by atoms with van der Waals surface area (Å²) in [5, 5.41) is 3.76. The average Bonchev–Trinajstić information content (AvgIpc) is 2.73. The molecule has 17 heavy (non-hydrogen) atoms. The molecule has 2 heteroatoms. The fraction of sp³-hybridized carbons (Fsp3) is 0.600. The zero-order valence-corrected chi connectivity index (χ0v) is 10.7. The van der Waals surface area contributed by atoms with Crippen LogP contribution in [-0.4, -0.2) is 30.6 Å². The number of piperidine rings is 1. The number of nitrogens with one attached hydrogen (secondary N) is 1. The maximum atomic E-state index is 3.76. The molecular weight excluding hydrogens is 208 g/mol. The quantitative estimate of drug-likeness (QED) is 0.856. The second kappa shape index (κ2) is 4.79. The van der Waals surface area contributed by atoms with E-state index in [0.717, 1.165) is 18.5 Å². The first-order valence-electron chi connectivity index (χ1n) is 6.82. The largest absolute Gasteiger partial charge is 0.310 e. The second-order valence-corrected chi connectivity index (χ2v) is 5.61. The molecule has 92 valence electrons. The Morgan fingerprint density at radius 2 is 1.94 bits per heavy atom. The topological polar surface area (TPSA) is 15.3 Å². The van der Waals surface area contributed by atoms with E-state index < -0.39 is 0 Å². The number of nitrogens with zero attached hydrogens (tertiary/aromatic N) is 1. The first kappa shape index (κ1) is 11.2. The molecule has 2 aliphatic heterocycles. The van der Waals surface area contributed by atoms with Gasteiger partial charge in [0.15, 0.2) is 0 Å². The number of aryl methyl sites for hydroxylation is 1. The Kier molecular flexibility index (Phi) is 3.17. The van der Waals surface area contributed by atoms with Crippen molar-refractivity contribution in [3.63, 3.8) is 0 Å². The average molecular weight is 230 g/mol. The highest BCUT2D eigenvalue weighted by molar-refractivity contribution is 5.21. The number of hydrogen-bond acceptors (Lipinski definition) is 2. The molecule has 2 saturated heterocycles.